The van der Waals surface area contributed by atoms with Gasteiger partial charge < -0.3 is 4.74 Å². The lowest BCUT2D eigenvalue weighted by molar-refractivity contribution is 0.0370. The molecule has 1 atom stereocenters. The number of carbonyl (C=O) groups excluding carboxylic acids is 1. The lowest BCUT2D eigenvalue weighted by Crippen LogP contribution is -2.26. The Labute approximate surface area is 103 Å². The predicted octanol–water partition coefficient (Wildman–Crippen LogP) is 2.82. The van der Waals surface area contributed by atoms with Crippen LogP contribution in [0.1, 0.15) is 15.9 Å². The van der Waals surface area contributed by atoms with Crippen LogP contribution in [0.5, 0.6) is 0 Å². The van der Waals surface area contributed by atoms with Crippen molar-refractivity contribution in [2.45, 2.75) is 12.5 Å². The second-order valence-corrected chi connectivity index (χ2v) is 4.91. The van der Waals surface area contributed by atoms with Crippen LogP contribution in [0.25, 0.3) is 0 Å². The van der Waals surface area contributed by atoms with Crippen LogP contribution in [0.3, 0.4) is 0 Å². The van der Waals surface area contributed by atoms with E-state index in [1.165, 1.54) is 0 Å². The number of benzene rings is 1. The fourth-order valence-electron chi connectivity index (χ4n) is 1.48. The molecule has 1 aromatic rings. The van der Waals surface area contributed by atoms with E-state index in [9.17, 15) is 4.79 Å². The zero-order valence-electron chi connectivity index (χ0n) is 7.46. The van der Waals surface area contributed by atoms with Gasteiger partial charge in [0, 0.05) is 15.4 Å². The maximum atomic E-state index is 11.5. The molecule has 0 saturated heterocycles. The number of nitrogens with zero attached hydrogens (tertiary/aromatic N) is 1. The summed E-state index contributed by atoms with van der Waals surface area (Å²) in [7, 11) is 0. The average Bonchev–Trinajstić information content (AvgIpc) is 2.19. The van der Waals surface area contributed by atoms with Crippen molar-refractivity contribution in [1.29, 1.82) is 5.26 Å². The Hall–Kier alpha value is -0.860. The number of ether oxygens (including phenoxy) is 1. The Bertz CT molecular complexity index is 479. The molecule has 0 bridgehead atoms. The van der Waals surface area contributed by atoms with Gasteiger partial charge in [-0.05, 0) is 17.7 Å². The maximum Gasteiger partial charge on any atom is 0.339 e. The molecule has 1 aromatic carbocycles. The van der Waals surface area contributed by atoms with Gasteiger partial charge in [0.25, 0.3) is 0 Å². The first-order valence-corrected chi connectivity index (χ1v) is 5.79. The van der Waals surface area contributed by atoms with Crippen LogP contribution in [0, 0.1) is 11.3 Å². The van der Waals surface area contributed by atoms with E-state index < -0.39 is 12.1 Å². The molecule has 15 heavy (non-hydrogen) atoms. The zero-order valence-corrected chi connectivity index (χ0v) is 10.6. The van der Waals surface area contributed by atoms with Gasteiger partial charge in [-0.1, -0.05) is 31.9 Å². The molecule has 0 N–H and O–H groups in total. The Kier molecular flexibility index (Phi) is 2.81. The van der Waals surface area contributed by atoms with E-state index in [0.717, 1.165) is 14.5 Å². The van der Waals surface area contributed by atoms with Crippen molar-refractivity contribution >= 4 is 37.8 Å². The topological polar surface area (TPSA) is 50.1 Å². The van der Waals surface area contributed by atoms with Crippen LogP contribution in [0.15, 0.2) is 21.1 Å². The second kappa shape index (κ2) is 3.95. The highest BCUT2D eigenvalue weighted by Gasteiger charge is 2.28. The summed E-state index contributed by atoms with van der Waals surface area (Å²) < 4.78 is 6.56. The van der Waals surface area contributed by atoms with Gasteiger partial charge in [0.05, 0.1) is 5.56 Å². The minimum absolute atomic E-state index is 0.436. The summed E-state index contributed by atoms with van der Waals surface area (Å²) >= 11 is 6.67. The highest BCUT2D eigenvalue weighted by molar-refractivity contribution is 9.11. The molecule has 0 radical (unpaired) electrons. The summed E-state index contributed by atoms with van der Waals surface area (Å²) in [6, 6.07) is 5.50. The summed E-state index contributed by atoms with van der Waals surface area (Å²) in [6.45, 7) is 0. The Balaban J connectivity index is 2.56. The van der Waals surface area contributed by atoms with Gasteiger partial charge in [0.1, 0.15) is 6.07 Å². The van der Waals surface area contributed by atoms with E-state index in [2.05, 4.69) is 31.9 Å². The van der Waals surface area contributed by atoms with E-state index >= 15 is 0 Å². The lowest BCUT2D eigenvalue weighted by Gasteiger charge is -2.21. The summed E-state index contributed by atoms with van der Waals surface area (Å²) in [5.74, 6) is -0.440. The summed E-state index contributed by atoms with van der Waals surface area (Å²) in [4.78, 5) is 11.5. The number of hydrogen-bond donors (Lipinski definition) is 0. The second-order valence-electron chi connectivity index (χ2n) is 3.14. The molecule has 76 valence electrons. The smallest absolute Gasteiger partial charge is 0.339 e. The van der Waals surface area contributed by atoms with Gasteiger partial charge in [-0.15, -0.1) is 0 Å². The van der Waals surface area contributed by atoms with E-state index in [0.29, 0.717) is 12.0 Å². The van der Waals surface area contributed by atoms with E-state index in [4.69, 9.17) is 10.00 Å². The van der Waals surface area contributed by atoms with Gasteiger partial charge in [-0.3, -0.25) is 0 Å². The van der Waals surface area contributed by atoms with Crippen LogP contribution in [0.2, 0.25) is 0 Å². The Morgan fingerprint density at radius 3 is 2.87 bits per heavy atom. The monoisotopic (exact) mass is 329 g/mol. The number of fused-ring (bicyclic) bond motifs is 1. The first-order chi connectivity index (χ1) is 7.11. The Morgan fingerprint density at radius 1 is 1.47 bits per heavy atom. The van der Waals surface area contributed by atoms with Gasteiger partial charge >= 0.3 is 5.97 Å². The predicted molar refractivity (Wildman–Crippen MR) is 60.4 cm³/mol. The number of carbonyl (C=O) groups is 1. The molecule has 0 aromatic heterocycles. The molecule has 3 nitrogen and oxygen atoms in total. The number of halogens is 2. The van der Waals surface area contributed by atoms with Crippen molar-refractivity contribution in [2.75, 3.05) is 0 Å². The van der Waals surface area contributed by atoms with Crippen molar-refractivity contribution in [3.8, 4) is 6.07 Å². The highest BCUT2D eigenvalue weighted by atomic mass is 79.9. The molecule has 1 aliphatic heterocycles. The standard InChI is InChI=1S/C10H5Br2NO2/c11-5-1-8-7(9(12)2-5)3-6(4-13)15-10(8)14/h1-2,6H,3H2. The summed E-state index contributed by atoms with van der Waals surface area (Å²) in [6.07, 6.45) is -0.242. The molecule has 0 amide bonds. The molecule has 0 aliphatic carbocycles. The third kappa shape index (κ3) is 1.92. The maximum absolute atomic E-state index is 11.5. The third-order valence-electron chi connectivity index (χ3n) is 2.16. The zero-order chi connectivity index (χ0) is 11.0. The largest absolute Gasteiger partial charge is 0.443 e. The van der Waals surface area contributed by atoms with Gasteiger partial charge in [0.2, 0.25) is 0 Å². The number of hydrogen-bond acceptors (Lipinski definition) is 3. The minimum Gasteiger partial charge on any atom is -0.443 e. The lowest BCUT2D eigenvalue weighted by atomic mass is 9.99. The van der Waals surface area contributed by atoms with Gasteiger partial charge in [-0.25, -0.2) is 4.79 Å². The minimum atomic E-state index is -0.678. The van der Waals surface area contributed by atoms with Crippen LogP contribution in [-0.2, 0) is 11.2 Å². The Morgan fingerprint density at radius 2 is 2.20 bits per heavy atom. The number of cyclic esters (lactones) is 1. The molecule has 2 rings (SSSR count). The van der Waals surface area contributed by atoms with E-state index in [1.54, 1.807) is 6.07 Å². The van der Waals surface area contributed by atoms with Crippen LogP contribution < -0.4 is 0 Å². The molecule has 1 unspecified atom stereocenters. The molecule has 0 spiro atoms. The van der Waals surface area contributed by atoms with Crippen molar-refractivity contribution in [1.82, 2.24) is 0 Å². The number of rotatable bonds is 0. The first-order valence-electron chi connectivity index (χ1n) is 4.20. The van der Waals surface area contributed by atoms with E-state index in [1.807, 2.05) is 12.1 Å². The van der Waals surface area contributed by atoms with Gasteiger partial charge in [-0.2, -0.15) is 5.26 Å². The SMILES string of the molecule is N#CC1Cc2c(Br)cc(Br)cc2C(=O)O1. The quantitative estimate of drug-likeness (QED) is 0.687. The van der Waals surface area contributed by atoms with Crippen molar-refractivity contribution < 1.29 is 9.53 Å². The van der Waals surface area contributed by atoms with Crippen molar-refractivity contribution in [3.63, 3.8) is 0 Å². The van der Waals surface area contributed by atoms with Crippen LogP contribution in [-0.4, -0.2) is 12.1 Å². The molecule has 0 saturated carbocycles. The number of esters is 1. The summed E-state index contributed by atoms with van der Waals surface area (Å²) in [5.41, 5.74) is 1.35. The van der Waals surface area contributed by atoms with Crippen molar-refractivity contribution in [3.05, 3.63) is 32.2 Å². The normalized spacial score (nSPS) is 19.0. The van der Waals surface area contributed by atoms with Crippen LogP contribution in [0.4, 0.5) is 0 Å². The van der Waals surface area contributed by atoms with Gasteiger partial charge in [0.15, 0.2) is 6.10 Å². The van der Waals surface area contributed by atoms with Crippen molar-refractivity contribution in [2.24, 2.45) is 0 Å². The van der Waals surface area contributed by atoms with E-state index in [-0.39, 0.29) is 0 Å². The van der Waals surface area contributed by atoms with Crippen LogP contribution >= 0.6 is 31.9 Å². The molecule has 5 heteroatoms. The third-order valence-corrected chi connectivity index (χ3v) is 3.33. The molecular formula is C10H5Br2NO2. The highest BCUT2D eigenvalue weighted by Crippen LogP contribution is 2.31. The number of nitriles is 1. The summed E-state index contributed by atoms with van der Waals surface area (Å²) in [5, 5.41) is 8.73. The first kappa shape index (κ1) is 10.7. The fourth-order valence-corrected chi connectivity index (χ4v) is 2.87. The molecule has 0 fully saturated rings. The molecule has 1 heterocycles. The fraction of sp³-hybridized carbons (Fsp3) is 0.200. The molecule has 1 aliphatic rings. The average molecular weight is 331 g/mol. The molecular weight excluding hydrogens is 326 g/mol.